The molecule has 0 spiro atoms. The molecular weight excluding hydrogens is 250 g/mol. The minimum atomic E-state index is 0.374. The molecule has 0 amide bonds. The fourth-order valence-electron chi connectivity index (χ4n) is 1.84. The number of thiazole rings is 1. The van der Waals surface area contributed by atoms with Gasteiger partial charge in [0.25, 0.3) is 0 Å². The summed E-state index contributed by atoms with van der Waals surface area (Å²) in [5, 5.41) is 6.88. The molecule has 1 aromatic rings. The lowest BCUT2D eigenvalue weighted by Crippen LogP contribution is -2.32. The minimum absolute atomic E-state index is 0.374. The van der Waals surface area contributed by atoms with Crippen LogP contribution in [0.25, 0.3) is 0 Å². The summed E-state index contributed by atoms with van der Waals surface area (Å²) >= 11 is 3.82. The van der Waals surface area contributed by atoms with Crippen molar-refractivity contribution < 1.29 is 0 Å². The fourth-order valence-corrected chi connectivity index (χ4v) is 3.72. The molecule has 0 radical (unpaired) electrons. The first-order chi connectivity index (χ1) is 8.31. The highest BCUT2D eigenvalue weighted by atomic mass is 32.2. The maximum Gasteiger partial charge on any atom is 0.185 e. The van der Waals surface area contributed by atoms with Crippen LogP contribution in [0.2, 0.25) is 0 Å². The number of aromatic nitrogens is 1. The Morgan fingerprint density at radius 3 is 2.94 bits per heavy atom. The molecule has 1 aliphatic heterocycles. The second kappa shape index (κ2) is 6.61. The first-order valence-corrected chi connectivity index (χ1v) is 8.36. The van der Waals surface area contributed by atoms with Crippen LogP contribution >= 0.6 is 23.1 Å². The van der Waals surface area contributed by atoms with Gasteiger partial charge in [-0.25, -0.2) is 4.98 Å². The molecule has 0 aliphatic carbocycles. The van der Waals surface area contributed by atoms with E-state index in [1.165, 1.54) is 28.8 Å². The van der Waals surface area contributed by atoms with E-state index in [1.807, 2.05) is 11.8 Å². The summed E-state index contributed by atoms with van der Waals surface area (Å²) in [6.45, 7) is 7.75. The smallest absolute Gasteiger partial charge is 0.185 e. The third-order valence-corrected chi connectivity index (χ3v) is 4.80. The van der Waals surface area contributed by atoms with E-state index in [-0.39, 0.29) is 0 Å². The largest absolute Gasteiger partial charge is 0.346 e. The number of nitrogens with one attached hydrogen (secondary N) is 1. The third kappa shape index (κ3) is 3.60. The maximum absolute atomic E-state index is 4.76. The van der Waals surface area contributed by atoms with Crippen LogP contribution in [-0.2, 0) is 0 Å². The highest BCUT2D eigenvalue weighted by Gasteiger charge is 2.16. The lowest BCUT2D eigenvalue weighted by molar-refractivity contribution is 0.560. The van der Waals surface area contributed by atoms with Crippen LogP contribution in [-0.4, -0.2) is 36.1 Å². The molecule has 5 heteroatoms. The standard InChI is InChI=1S/C12H21N3S2/c1-3-4-13-10(2)11-9-17-12(14-11)15-5-7-16-8-6-15/h9-10,13H,3-8H2,1-2H3. The van der Waals surface area contributed by atoms with Crippen LogP contribution in [0.5, 0.6) is 0 Å². The van der Waals surface area contributed by atoms with Gasteiger partial charge in [0.1, 0.15) is 0 Å². The Kier molecular flexibility index (Phi) is 5.13. The molecule has 1 aliphatic rings. The Hall–Kier alpha value is -0.260. The molecule has 1 aromatic heterocycles. The summed E-state index contributed by atoms with van der Waals surface area (Å²) in [5.74, 6) is 2.47. The van der Waals surface area contributed by atoms with Crippen molar-refractivity contribution in [2.24, 2.45) is 0 Å². The Morgan fingerprint density at radius 1 is 1.47 bits per heavy atom. The molecule has 1 fully saturated rings. The minimum Gasteiger partial charge on any atom is -0.346 e. The summed E-state index contributed by atoms with van der Waals surface area (Å²) in [6.07, 6.45) is 1.17. The van der Waals surface area contributed by atoms with Crippen LogP contribution in [0.1, 0.15) is 32.0 Å². The predicted octanol–water partition coefficient (Wildman–Crippen LogP) is 2.76. The van der Waals surface area contributed by atoms with Crippen molar-refractivity contribution in [2.75, 3.05) is 36.0 Å². The first-order valence-electron chi connectivity index (χ1n) is 6.32. The van der Waals surface area contributed by atoms with Gasteiger partial charge in [0.05, 0.1) is 5.69 Å². The molecular formula is C12H21N3S2. The second-order valence-corrected chi connectivity index (χ2v) is 6.39. The number of hydrogen-bond acceptors (Lipinski definition) is 5. The van der Waals surface area contributed by atoms with Gasteiger partial charge in [-0.05, 0) is 19.9 Å². The molecule has 3 nitrogen and oxygen atoms in total. The molecule has 0 saturated carbocycles. The first kappa shape index (κ1) is 13.2. The van der Waals surface area contributed by atoms with E-state index in [1.54, 1.807) is 11.3 Å². The zero-order valence-electron chi connectivity index (χ0n) is 10.6. The van der Waals surface area contributed by atoms with Gasteiger partial charge in [-0.1, -0.05) is 6.92 Å². The number of rotatable bonds is 5. The topological polar surface area (TPSA) is 28.2 Å². The van der Waals surface area contributed by atoms with Gasteiger partial charge in [0.2, 0.25) is 0 Å². The molecule has 0 bridgehead atoms. The van der Waals surface area contributed by atoms with Gasteiger partial charge < -0.3 is 10.2 Å². The van der Waals surface area contributed by atoms with Crippen molar-refractivity contribution in [3.8, 4) is 0 Å². The molecule has 1 saturated heterocycles. The third-order valence-electron chi connectivity index (χ3n) is 2.94. The summed E-state index contributed by atoms with van der Waals surface area (Å²) < 4.78 is 0. The van der Waals surface area contributed by atoms with Crippen molar-refractivity contribution in [3.63, 3.8) is 0 Å². The average molecular weight is 271 g/mol. The van der Waals surface area contributed by atoms with Gasteiger partial charge >= 0.3 is 0 Å². The van der Waals surface area contributed by atoms with Crippen molar-refractivity contribution >= 4 is 28.2 Å². The highest BCUT2D eigenvalue weighted by Crippen LogP contribution is 2.26. The van der Waals surface area contributed by atoms with Crippen LogP contribution in [0, 0.1) is 0 Å². The zero-order chi connectivity index (χ0) is 12.1. The molecule has 2 heterocycles. The van der Waals surface area contributed by atoms with E-state index < -0.39 is 0 Å². The van der Waals surface area contributed by atoms with Gasteiger partial charge in [-0.2, -0.15) is 11.8 Å². The van der Waals surface area contributed by atoms with Crippen molar-refractivity contribution in [3.05, 3.63) is 11.1 Å². The van der Waals surface area contributed by atoms with E-state index in [9.17, 15) is 0 Å². The number of anilines is 1. The van der Waals surface area contributed by atoms with Crippen LogP contribution in [0.4, 0.5) is 5.13 Å². The number of hydrogen-bond donors (Lipinski definition) is 1. The SMILES string of the molecule is CCCNC(C)c1csc(N2CCSCC2)n1. The Bertz CT molecular complexity index is 334. The Morgan fingerprint density at radius 2 is 2.24 bits per heavy atom. The monoisotopic (exact) mass is 271 g/mol. The van der Waals surface area contributed by atoms with Crippen LogP contribution in [0.3, 0.4) is 0 Å². The van der Waals surface area contributed by atoms with Crippen LogP contribution < -0.4 is 10.2 Å². The van der Waals surface area contributed by atoms with Crippen molar-refractivity contribution in [2.45, 2.75) is 26.3 Å². The summed E-state index contributed by atoms with van der Waals surface area (Å²) in [5.41, 5.74) is 1.19. The molecule has 96 valence electrons. The van der Waals surface area contributed by atoms with Crippen LogP contribution in [0.15, 0.2) is 5.38 Å². The van der Waals surface area contributed by atoms with E-state index >= 15 is 0 Å². The van der Waals surface area contributed by atoms with E-state index in [0.717, 1.165) is 19.6 Å². The predicted molar refractivity (Wildman–Crippen MR) is 78.4 cm³/mol. The summed E-state index contributed by atoms with van der Waals surface area (Å²) in [6, 6.07) is 0.374. The normalized spacial score (nSPS) is 18.4. The van der Waals surface area contributed by atoms with Gasteiger partial charge in [0.15, 0.2) is 5.13 Å². The second-order valence-electron chi connectivity index (χ2n) is 4.33. The molecule has 0 aromatic carbocycles. The molecule has 2 rings (SSSR count). The summed E-state index contributed by atoms with van der Waals surface area (Å²) in [7, 11) is 0. The Labute approximate surface area is 112 Å². The lowest BCUT2D eigenvalue weighted by atomic mass is 10.2. The zero-order valence-corrected chi connectivity index (χ0v) is 12.2. The summed E-state index contributed by atoms with van der Waals surface area (Å²) in [4.78, 5) is 7.17. The molecule has 17 heavy (non-hydrogen) atoms. The average Bonchev–Trinajstić information content (AvgIpc) is 2.86. The molecule has 1 N–H and O–H groups in total. The fraction of sp³-hybridized carbons (Fsp3) is 0.750. The lowest BCUT2D eigenvalue weighted by Gasteiger charge is -2.25. The number of thioether (sulfide) groups is 1. The molecule has 1 unspecified atom stereocenters. The van der Waals surface area contributed by atoms with E-state index in [0.29, 0.717) is 6.04 Å². The van der Waals surface area contributed by atoms with Gasteiger partial charge in [-0.3, -0.25) is 0 Å². The highest BCUT2D eigenvalue weighted by molar-refractivity contribution is 7.99. The van der Waals surface area contributed by atoms with E-state index in [4.69, 9.17) is 4.98 Å². The quantitative estimate of drug-likeness (QED) is 0.891. The van der Waals surface area contributed by atoms with Crippen molar-refractivity contribution in [1.29, 1.82) is 0 Å². The Balaban J connectivity index is 1.94. The molecule has 1 atom stereocenters. The number of nitrogens with zero attached hydrogens (tertiary/aromatic N) is 2. The van der Waals surface area contributed by atoms with Gasteiger partial charge in [0, 0.05) is 36.0 Å². The van der Waals surface area contributed by atoms with Crippen molar-refractivity contribution in [1.82, 2.24) is 10.3 Å². The maximum atomic E-state index is 4.76. The van der Waals surface area contributed by atoms with Gasteiger partial charge in [-0.15, -0.1) is 11.3 Å². The van der Waals surface area contributed by atoms with E-state index in [2.05, 4.69) is 29.4 Å².